The molecule has 0 heterocycles. The molecule has 0 saturated heterocycles. The smallest absolute Gasteiger partial charge is 0.308 e. The molecule has 1 rings (SSSR count). The molecule has 1 N–H and O–H groups in total. The maximum Gasteiger partial charge on any atom is 0.308 e. The Morgan fingerprint density at radius 1 is 1.35 bits per heavy atom. The number of nitrogens with zero attached hydrogens (tertiary/aromatic N) is 1. The van der Waals surface area contributed by atoms with Gasteiger partial charge in [-0.1, -0.05) is 20.8 Å². The van der Waals surface area contributed by atoms with Crippen LogP contribution < -0.4 is 5.32 Å². The van der Waals surface area contributed by atoms with Crippen molar-refractivity contribution in [2.45, 2.75) is 39.7 Å². The van der Waals surface area contributed by atoms with Gasteiger partial charge >= 0.3 is 5.69 Å². The van der Waals surface area contributed by atoms with Gasteiger partial charge in [0.25, 0.3) is 0 Å². The van der Waals surface area contributed by atoms with Crippen molar-refractivity contribution in [2.75, 3.05) is 6.54 Å². The summed E-state index contributed by atoms with van der Waals surface area (Å²) in [5, 5.41) is 14.2. The molecule has 20 heavy (non-hydrogen) atoms. The number of nitro benzene ring substituents is 1. The minimum atomic E-state index is -1.12. The molecule has 4 nitrogen and oxygen atoms in total. The van der Waals surface area contributed by atoms with Crippen LogP contribution in [0.5, 0.6) is 0 Å². The molecule has 0 saturated carbocycles. The molecule has 1 aromatic rings. The Bertz CT molecular complexity index is 478. The van der Waals surface area contributed by atoms with E-state index in [1.807, 2.05) is 20.8 Å². The summed E-state index contributed by atoms with van der Waals surface area (Å²) in [6.07, 6.45) is 1.14. The first-order valence-electron chi connectivity index (χ1n) is 6.72. The summed E-state index contributed by atoms with van der Waals surface area (Å²) in [4.78, 5) is 10.2. The molecular formula is C14H20F2N2O2. The molecule has 0 aliphatic carbocycles. The van der Waals surface area contributed by atoms with Gasteiger partial charge in [0.2, 0.25) is 5.82 Å². The Morgan fingerprint density at radius 3 is 2.50 bits per heavy atom. The quantitative estimate of drug-likeness (QED) is 0.617. The normalized spacial score (nSPS) is 12.7. The second kappa shape index (κ2) is 7.28. The van der Waals surface area contributed by atoms with Crippen molar-refractivity contribution in [3.63, 3.8) is 0 Å². The maximum absolute atomic E-state index is 13.6. The third-order valence-corrected chi connectivity index (χ3v) is 3.19. The summed E-state index contributed by atoms with van der Waals surface area (Å²) in [6, 6.07) is 1.53. The third kappa shape index (κ3) is 4.23. The molecule has 0 aliphatic rings. The highest BCUT2D eigenvalue weighted by Crippen LogP contribution is 2.26. The highest BCUT2D eigenvalue weighted by Gasteiger charge is 2.25. The van der Waals surface area contributed by atoms with E-state index < -0.39 is 22.2 Å². The minimum Gasteiger partial charge on any atom is -0.313 e. The van der Waals surface area contributed by atoms with Crippen molar-refractivity contribution >= 4 is 5.69 Å². The summed E-state index contributed by atoms with van der Waals surface area (Å²) < 4.78 is 26.9. The van der Waals surface area contributed by atoms with Gasteiger partial charge in [0, 0.05) is 17.7 Å². The Kier molecular flexibility index (Phi) is 6.01. The van der Waals surface area contributed by atoms with Crippen LogP contribution in [0.25, 0.3) is 0 Å². The van der Waals surface area contributed by atoms with Crippen LogP contribution in [0, 0.1) is 27.7 Å². The Balaban J connectivity index is 3.07. The van der Waals surface area contributed by atoms with Gasteiger partial charge in [0.15, 0.2) is 0 Å². The number of benzene rings is 1. The zero-order valence-corrected chi connectivity index (χ0v) is 12.0. The van der Waals surface area contributed by atoms with Crippen LogP contribution in [-0.4, -0.2) is 17.5 Å². The fourth-order valence-electron chi connectivity index (χ4n) is 2.09. The molecule has 112 valence electrons. The number of hydrogen-bond acceptors (Lipinski definition) is 3. The molecule has 1 unspecified atom stereocenters. The van der Waals surface area contributed by atoms with Crippen LogP contribution in [0.3, 0.4) is 0 Å². The van der Waals surface area contributed by atoms with Gasteiger partial charge in [0.05, 0.1) is 4.92 Å². The predicted molar refractivity (Wildman–Crippen MR) is 73.6 cm³/mol. The van der Waals surface area contributed by atoms with Crippen molar-refractivity contribution in [2.24, 2.45) is 5.92 Å². The number of nitrogens with one attached hydrogen (secondary N) is 1. The molecule has 6 heteroatoms. The molecule has 1 atom stereocenters. The average Bonchev–Trinajstić information content (AvgIpc) is 2.32. The topological polar surface area (TPSA) is 55.2 Å². The van der Waals surface area contributed by atoms with Gasteiger partial charge in [-0.05, 0) is 31.4 Å². The fraction of sp³-hybridized carbons (Fsp3) is 0.571. The van der Waals surface area contributed by atoms with Crippen LogP contribution in [0.1, 0.15) is 32.8 Å². The molecule has 0 radical (unpaired) electrons. The fourth-order valence-corrected chi connectivity index (χ4v) is 2.09. The summed E-state index contributed by atoms with van der Waals surface area (Å²) in [5.41, 5.74) is -0.537. The van der Waals surface area contributed by atoms with Crippen molar-refractivity contribution in [3.05, 3.63) is 39.4 Å². The first-order chi connectivity index (χ1) is 9.36. The van der Waals surface area contributed by atoms with Gasteiger partial charge < -0.3 is 5.32 Å². The van der Waals surface area contributed by atoms with Crippen molar-refractivity contribution in [1.82, 2.24) is 5.32 Å². The first-order valence-corrected chi connectivity index (χ1v) is 6.72. The van der Waals surface area contributed by atoms with Crippen LogP contribution in [0.4, 0.5) is 14.5 Å². The zero-order chi connectivity index (χ0) is 15.3. The zero-order valence-electron chi connectivity index (χ0n) is 12.0. The van der Waals surface area contributed by atoms with E-state index >= 15 is 0 Å². The number of rotatable bonds is 7. The van der Waals surface area contributed by atoms with Crippen LogP contribution >= 0.6 is 0 Å². The van der Waals surface area contributed by atoms with Crippen molar-refractivity contribution in [1.29, 1.82) is 0 Å². The summed E-state index contributed by atoms with van der Waals surface area (Å²) in [6.45, 7) is 6.70. The van der Waals surface area contributed by atoms with E-state index in [2.05, 4.69) is 5.32 Å². The lowest BCUT2D eigenvalue weighted by atomic mass is 9.95. The Hall–Kier alpha value is -1.56. The van der Waals surface area contributed by atoms with E-state index in [0.29, 0.717) is 6.07 Å². The second-order valence-corrected chi connectivity index (χ2v) is 5.16. The number of halogens is 2. The molecule has 0 amide bonds. The molecule has 0 aliphatic heterocycles. The van der Waals surface area contributed by atoms with E-state index in [1.165, 1.54) is 0 Å². The highest BCUT2D eigenvalue weighted by atomic mass is 19.1. The summed E-state index contributed by atoms with van der Waals surface area (Å²) in [5.74, 6) is -1.71. The third-order valence-electron chi connectivity index (χ3n) is 3.19. The van der Waals surface area contributed by atoms with Gasteiger partial charge in [-0.15, -0.1) is 0 Å². The number of nitro groups is 1. The van der Waals surface area contributed by atoms with Gasteiger partial charge in [0.1, 0.15) is 5.82 Å². The Morgan fingerprint density at radius 2 is 2.00 bits per heavy atom. The van der Waals surface area contributed by atoms with Gasteiger partial charge in [-0.2, -0.15) is 4.39 Å². The molecule has 0 bridgehead atoms. The minimum absolute atomic E-state index is 0.0603. The number of hydrogen-bond donors (Lipinski definition) is 1. The summed E-state index contributed by atoms with van der Waals surface area (Å²) in [7, 11) is 0. The molecular weight excluding hydrogens is 266 g/mol. The van der Waals surface area contributed by atoms with Crippen molar-refractivity contribution < 1.29 is 13.7 Å². The lowest BCUT2D eigenvalue weighted by Gasteiger charge is -2.22. The van der Waals surface area contributed by atoms with E-state index in [-0.39, 0.29) is 23.9 Å². The van der Waals surface area contributed by atoms with Gasteiger partial charge in [-0.3, -0.25) is 10.1 Å². The van der Waals surface area contributed by atoms with E-state index in [1.54, 1.807) is 0 Å². The maximum atomic E-state index is 13.6. The predicted octanol–water partition coefficient (Wildman–Crippen LogP) is 3.44. The monoisotopic (exact) mass is 286 g/mol. The SMILES string of the molecule is CCCNC(Cc1cc(F)cc(F)c1[N+](=O)[O-])C(C)C. The van der Waals surface area contributed by atoms with Crippen molar-refractivity contribution in [3.8, 4) is 0 Å². The van der Waals surface area contributed by atoms with E-state index in [9.17, 15) is 18.9 Å². The van der Waals surface area contributed by atoms with Crippen LogP contribution in [-0.2, 0) is 6.42 Å². The first kappa shape index (κ1) is 16.5. The van der Waals surface area contributed by atoms with Crippen LogP contribution in [0.15, 0.2) is 12.1 Å². The second-order valence-electron chi connectivity index (χ2n) is 5.16. The van der Waals surface area contributed by atoms with E-state index in [0.717, 1.165) is 19.0 Å². The van der Waals surface area contributed by atoms with E-state index in [4.69, 9.17) is 0 Å². The highest BCUT2D eigenvalue weighted by molar-refractivity contribution is 5.42. The standard InChI is InChI=1S/C14H20F2N2O2/c1-4-5-17-13(9(2)3)7-10-6-11(15)8-12(16)14(10)18(19)20/h6,8-9,13,17H,4-5,7H2,1-3H3. The molecule has 0 aromatic heterocycles. The molecule has 1 aromatic carbocycles. The molecule has 0 spiro atoms. The average molecular weight is 286 g/mol. The Labute approximate surface area is 117 Å². The lowest BCUT2D eigenvalue weighted by Crippen LogP contribution is -2.36. The largest absolute Gasteiger partial charge is 0.313 e. The van der Waals surface area contributed by atoms with Crippen LogP contribution in [0.2, 0.25) is 0 Å². The molecule has 0 fully saturated rings. The lowest BCUT2D eigenvalue weighted by molar-refractivity contribution is -0.388. The van der Waals surface area contributed by atoms with Gasteiger partial charge in [-0.25, -0.2) is 4.39 Å². The summed E-state index contributed by atoms with van der Waals surface area (Å²) >= 11 is 0.